The van der Waals surface area contributed by atoms with E-state index in [0.717, 1.165) is 43.6 Å². The van der Waals surface area contributed by atoms with Crippen molar-refractivity contribution in [1.82, 2.24) is 15.0 Å². The number of para-hydroxylation sites is 1. The molecule has 0 fully saturated rings. The molecular formula is C33H22BrN3O. The topological polar surface area (TPSA) is 47.9 Å². The first-order chi connectivity index (χ1) is 18.7. The Morgan fingerprint density at radius 2 is 1.26 bits per heavy atom. The highest BCUT2D eigenvalue weighted by Crippen LogP contribution is 2.47. The van der Waals surface area contributed by atoms with Crippen LogP contribution in [0.3, 0.4) is 0 Å². The van der Waals surface area contributed by atoms with Crippen LogP contribution < -0.4 is 4.74 Å². The lowest BCUT2D eigenvalue weighted by Crippen LogP contribution is -2.20. The van der Waals surface area contributed by atoms with Crippen LogP contribution >= 0.6 is 15.9 Å². The smallest absolute Gasteiger partial charge is 0.164 e. The lowest BCUT2D eigenvalue weighted by Gasteiger charge is -2.22. The SMILES string of the molecule is Brc1cccc(-c2cccc(-c3nc(C4=CC=CC5Oc6ccccc6C45)nc(-c4ccccc4)n3)c2)c1. The maximum absolute atomic E-state index is 6.26. The molecule has 5 heteroatoms. The van der Waals surface area contributed by atoms with Crippen molar-refractivity contribution in [2.75, 3.05) is 0 Å². The van der Waals surface area contributed by atoms with Crippen LogP contribution in [0.1, 0.15) is 17.3 Å². The molecule has 4 nitrogen and oxygen atoms in total. The fraction of sp³-hybridized carbons (Fsp3) is 0.0606. The Hall–Kier alpha value is -4.35. The van der Waals surface area contributed by atoms with Crippen LogP contribution in [-0.2, 0) is 0 Å². The molecule has 0 bridgehead atoms. The van der Waals surface area contributed by atoms with E-state index in [9.17, 15) is 0 Å². The highest BCUT2D eigenvalue weighted by molar-refractivity contribution is 9.10. The van der Waals surface area contributed by atoms with Gasteiger partial charge in [0.2, 0.25) is 0 Å². The van der Waals surface area contributed by atoms with Gasteiger partial charge in [-0.25, -0.2) is 15.0 Å². The van der Waals surface area contributed by atoms with Crippen LogP contribution in [0.4, 0.5) is 0 Å². The number of nitrogens with zero attached hydrogens (tertiary/aromatic N) is 3. The molecule has 38 heavy (non-hydrogen) atoms. The molecule has 2 atom stereocenters. The molecule has 0 N–H and O–H groups in total. The van der Waals surface area contributed by atoms with Gasteiger partial charge in [-0.3, -0.25) is 0 Å². The first kappa shape index (κ1) is 22.8. The molecular weight excluding hydrogens is 534 g/mol. The highest BCUT2D eigenvalue weighted by Gasteiger charge is 2.38. The van der Waals surface area contributed by atoms with Crippen molar-refractivity contribution in [3.05, 3.63) is 137 Å². The summed E-state index contributed by atoms with van der Waals surface area (Å²) >= 11 is 3.59. The first-order valence-corrected chi connectivity index (χ1v) is 13.3. The molecule has 1 aliphatic carbocycles. The van der Waals surface area contributed by atoms with Gasteiger partial charge in [-0.1, -0.05) is 107 Å². The predicted octanol–water partition coefficient (Wildman–Crippen LogP) is 8.13. The van der Waals surface area contributed by atoms with E-state index in [1.165, 1.54) is 0 Å². The summed E-state index contributed by atoms with van der Waals surface area (Å²) in [5, 5.41) is 0. The van der Waals surface area contributed by atoms with Crippen molar-refractivity contribution in [1.29, 1.82) is 0 Å². The summed E-state index contributed by atoms with van der Waals surface area (Å²) in [6, 6.07) is 35.0. The lowest BCUT2D eigenvalue weighted by atomic mass is 9.84. The number of allylic oxidation sites excluding steroid dienone is 2. The fourth-order valence-corrected chi connectivity index (χ4v) is 5.57. The number of halogens is 1. The Kier molecular flexibility index (Phi) is 5.71. The number of fused-ring (bicyclic) bond motifs is 3. The predicted molar refractivity (Wildman–Crippen MR) is 155 cm³/mol. The number of rotatable bonds is 4. The lowest BCUT2D eigenvalue weighted by molar-refractivity contribution is 0.271. The van der Waals surface area contributed by atoms with Crippen molar-refractivity contribution >= 4 is 21.5 Å². The molecule has 1 aliphatic heterocycles. The summed E-state index contributed by atoms with van der Waals surface area (Å²) < 4.78 is 7.31. The molecule has 0 amide bonds. The van der Waals surface area contributed by atoms with Gasteiger partial charge in [0.15, 0.2) is 17.5 Å². The van der Waals surface area contributed by atoms with E-state index in [2.05, 4.69) is 76.6 Å². The second kappa shape index (κ2) is 9.51. The molecule has 2 aliphatic rings. The third-order valence-electron chi connectivity index (χ3n) is 6.96. The van der Waals surface area contributed by atoms with E-state index in [0.29, 0.717) is 17.5 Å². The Morgan fingerprint density at radius 1 is 0.605 bits per heavy atom. The minimum absolute atomic E-state index is 0.0306. The second-order valence-electron chi connectivity index (χ2n) is 9.37. The third-order valence-corrected chi connectivity index (χ3v) is 7.45. The van der Waals surface area contributed by atoms with Crippen molar-refractivity contribution in [2.45, 2.75) is 12.0 Å². The van der Waals surface area contributed by atoms with Crippen LogP contribution in [0.15, 0.2) is 126 Å². The number of aromatic nitrogens is 3. The summed E-state index contributed by atoms with van der Waals surface area (Å²) in [6.07, 6.45) is 6.18. The van der Waals surface area contributed by atoms with Gasteiger partial charge in [0.05, 0.1) is 5.92 Å². The summed E-state index contributed by atoms with van der Waals surface area (Å²) in [5.74, 6) is 2.91. The fourth-order valence-electron chi connectivity index (χ4n) is 5.17. The van der Waals surface area contributed by atoms with E-state index in [1.54, 1.807) is 0 Å². The Labute approximate surface area is 229 Å². The van der Waals surface area contributed by atoms with Crippen molar-refractivity contribution < 1.29 is 4.74 Å². The monoisotopic (exact) mass is 555 g/mol. The molecule has 2 unspecified atom stereocenters. The zero-order valence-electron chi connectivity index (χ0n) is 20.3. The minimum atomic E-state index is -0.0763. The standard InChI is InChI=1S/C33H22BrN3O/c34-25-14-7-12-23(20-25)22-11-6-13-24(19-22)32-35-31(21-9-2-1-3-10-21)36-33(37-32)27-16-8-18-29-30(27)26-15-4-5-17-28(26)38-29/h1-20,29-30H. The van der Waals surface area contributed by atoms with Gasteiger partial charge < -0.3 is 4.74 Å². The first-order valence-electron chi connectivity index (χ1n) is 12.6. The number of hydrogen-bond acceptors (Lipinski definition) is 4. The molecule has 1 aromatic heterocycles. The van der Waals surface area contributed by atoms with Gasteiger partial charge in [-0.05, 0) is 41.5 Å². The number of hydrogen-bond donors (Lipinski definition) is 0. The second-order valence-corrected chi connectivity index (χ2v) is 10.3. The van der Waals surface area contributed by atoms with Gasteiger partial charge in [0, 0.05) is 26.7 Å². The van der Waals surface area contributed by atoms with Crippen LogP contribution in [0.25, 0.3) is 39.5 Å². The van der Waals surface area contributed by atoms with Crippen LogP contribution in [-0.4, -0.2) is 21.1 Å². The average Bonchev–Trinajstić information content (AvgIpc) is 3.36. The van der Waals surface area contributed by atoms with E-state index >= 15 is 0 Å². The zero-order valence-corrected chi connectivity index (χ0v) is 21.9. The van der Waals surface area contributed by atoms with Crippen LogP contribution in [0.2, 0.25) is 0 Å². The van der Waals surface area contributed by atoms with Crippen molar-refractivity contribution in [3.63, 3.8) is 0 Å². The molecule has 2 heterocycles. The largest absolute Gasteiger partial charge is 0.485 e. The summed E-state index contributed by atoms with van der Waals surface area (Å²) in [7, 11) is 0. The van der Waals surface area contributed by atoms with Crippen LogP contribution in [0, 0.1) is 0 Å². The summed E-state index contributed by atoms with van der Waals surface area (Å²) in [4.78, 5) is 15.0. The number of benzene rings is 4. The Balaban J connectivity index is 1.38. The van der Waals surface area contributed by atoms with E-state index in [1.807, 2.05) is 60.7 Å². The van der Waals surface area contributed by atoms with Crippen molar-refractivity contribution in [2.24, 2.45) is 0 Å². The molecule has 7 rings (SSSR count). The van der Waals surface area contributed by atoms with E-state index in [4.69, 9.17) is 19.7 Å². The molecule has 0 spiro atoms. The van der Waals surface area contributed by atoms with Gasteiger partial charge in [-0.15, -0.1) is 0 Å². The summed E-state index contributed by atoms with van der Waals surface area (Å²) in [6.45, 7) is 0. The molecule has 4 aromatic carbocycles. The van der Waals surface area contributed by atoms with E-state index < -0.39 is 0 Å². The minimum Gasteiger partial charge on any atom is -0.485 e. The molecule has 182 valence electrons. The Morgan fingerprint density at radius 3 is 2.11 bits per heavy atom. The van der Waals surface area contributed by atoms with Gasteiger partial charge in [0.1, 0.15) is 11.9 Å². The third kappa shape index (κ3) is 4.15. The normalized spacial score (nSPS) is 17.3. The van der Waals surface area contributed by atoms with Gasteiger partial charge >= 0.3 is 0 Å². The molecule has 5 aromatic rings. The maximum Gasteiger partial charge on any atom is 0.164 e. The molecule has 0 radical (unpaired) electrons. The highest BCUT2D eigenvalue weighted by atomic mass is 79.9. The van der Waals surface area contributed by atoms with Gasteiger partial charge in [0.25, 0.3) is 0 Å². The van der Waals surface area contributed by atoms with E-state index in [-0.39, 0.29) is 12.0 Å². The van der Waals surface area contributed by atoms with Gasteiger partial charge in [-0.2, -0.15) is 0 Å². The maximum atomic E-state index is 6.26. The average molecular weight is 556 g/mol. The van der Waals surface area contributed by atoms with Crippen LogP contribution in [0.5, 0.6) is 5.75 Å². The Bertz CT molecular complexity index is 1730. The van der Waals surface area contributed by atoms with Crippen molar-refractivity contribution in [3.8, 4) is 39.7 Å². The summed E-state index contributed by atoms with van der Waals surface area (Å²) in [5.41, 5.74) is 6.31. The quantitative estimate of drug-likeness (QED) is 0.224. The zero-order chi connectivity index (χ0) is 25.5. The number of ether oxygens (including phenoxy) is 1. The molecule has 0 saturated heterocycles. The molecule has 0 saturated carbocycles.